The highest BCUT2D eigenvalue weighted by Gasteiger charge is 2.23. The Labute approximate surface area is 83.7 Å². The number of rotatable bonds is 3. The first-order valence-electron chi connectivity index (χ1n) is 5.38. The summed E-state index contributed by atoms with van der Waals surface area (Å²) in [5.41, 5.74) is 1.65. The van der Waals surface area contributed by atoms with Crippen LogP contribution in [0, 0.1) is 5.92 Å². The fourth-order valence-corrected chi connectivity index (χ4v) is 3.18. The molecule has 0 fully saturated rings. The van der Waals surface area contributed by atoms with Crippen molar-refractivity contribution in [2.45, 2.75) is 46.3 Å². The largest absolute Gasteiger partial charge is 0.0784 e. The molecule has 0 aromatic rings. The Kier molecular flexibility index (Phi) is 3.17. The summed E-state index contributed by atoms with van der Waals surface area (Å²) in [4.78, 5) is 0. The first kappa shape index (κ1) is 10.8. The molecule has 0 bridgehead atoms. The summed E-state index contributed by atoms with van der Waals surface area (Å²) in [6, 6.07) is 0. The van der Waals surface area contributed by atoms with Gasteiger partial charge in [-0.3, -0.25) is 0 Å². The molecular weight excluding hydrogens is 172 g/mol. The number of hydrogen-bond acceptors (Lipinski definition) is 0. The molecule has 74 valence electrons. The molecule has 0 aliphatic heterocycles. The van der Waals surface area contributed by atoms with Gasteiger partial charge in [0.25, 0.3) is 0 Å². The van der Waals surface area contributed by atoms with Gasteiger partial charge >= 0.3 is 0 Å². The van der Waals surface area contributed by atoms with Crippen LogP contribution in [0.4, 0.5) is 0 Å². The second kappa shape index (κ2) is 3.83. The van der Waals surface area contributed by atoms with Crippen LogP contribution >= 0.6 is 0 Å². The van der Waals surface area contributed by atoms with Crippen LogP contribution in [0.5, 0.6) is 0 Å². The summed E-state index contributed by atoms with van der Waals surface area (Å²) in [5, 5.41) is 1.66. The van der Waals surface area contributed by atoms with Crippen molar-refractivity contribution >= 4 is 8.07 Å². The maximum absolute atomic E-state index is 2.48. The molecule has 0 amide bonds. The summed E-state index contributed by atoms with van der Waals surface area (Å²) in [5.74, 6) is 0.710. The fourth-order valence-electron chi connectivity index (χ4n) is 1.81. The molecule has 1 rings (SSSR count). The predicted molar refractivity (Wildman–Crippen MR) is 63.6 cm³/mol. The average molecular weight is 194 g/mol. The van der Waals surface area contributed by atoms with Crippen LogP contribution < -0.4 is 0 Å². The molecule has 1 atom stereocenters. The zero-order valence-corrected chi connectivity index (χ0v) is 10.6. The van der Waals surface area contributed by atoms with Gasteiger partial charge in [0, 0.05) is 0 Å². The van der Waals surface area contributed by atoms with Crippen LogP contribution in [0.15, 0.2) is 22.9 Å². The number of allylic oxidation sites excluding steroid dienone is 4. The van der Waals surface area contributed by atoms with Crippen LogP contribution in [-0.4, -0.2) is 8.07 Å². The smallest absolute Gasteiger partial charge is 0.0772 e. The zero-order valence-electron chi connectivity index (χ0n) is 9.65. The molecule has 0 aromatic heterocycles. The van der Waals surface area contributed by atoms with Crippen molar-refractivity contribution in [3.63, 3.8) is 0 Å². The van der Waals surface area contributed by atoms with E-state index < -0.39 is 8.07 Å². The van der Waals surface area contributed by atoms with E-state index in [1.165, 1.54) is 12.8 Å². The minimum atomic E-state index is -1.05. The van der Waals surface area contributed by atoms with Gasteiger partial charge in [-0.2, -0.15) is 0 Å². The van der Waals surface area contributed by atoms with Gasteiger partial charge in [0.2, 0.25) is 0 Å². The fraction of sp³-hybridized carbons (Fsp3) is 0.667. The Morgan fingerprint density at radius 1 is 1.31 bits per heavy atom. The molecule has 0 saturated carbocycles. The third kappa shape index (κ3) is 2.57. The van der Waals surface area contributed by atoms with Gasteiger partial charge in [-0.15, -0.1) is 0 Å². The normalized spacial score (nSPS) is 23.0. The quantitative estimate of drug-likeness (QED) is 0.592. The Balaban J connectivity index is 2.77. The van der Waals surface area contributed by atoms with Crippen LogP contribution in [0.25, 0.3) is 0 Å². The Morgan fingerprint density at radius 2 is 1.92 bits per heavy atom. The van der Waals surface area contributed by atoms with Crippen molar-refractivity contribution in [1.29, 1.82) is 0 Å². The van der Waals surface area contributed by atoms with Crippen molar-refractivity contribution in [3.8, 4) is 0 Å². The summed E-state index contributed by atoms with van der Waals surface area (Å²) >= 11 is 0. The average Bonchev–Trinajstić information content (AvgIpc) is 2.32. The maximum Gasteiger partial charge on any atom is 0.0772 e. The molecule has 0 aromatic carbocycles. The van der Waals surface area contributed by atoms with Gasteiger partial charge in [-0.25, -0.2) is 0 Å². The van der Waals surface area contributed by atoms with Gasteiger partial charge in [0.1, 0.15) is 0 Å². The molecule has 0 radical (unpaired) electrons. The van der Waals surface area contributed by atoms with Crippen molar-refractivity contribution in [2.24, 2.45) is 5.92 Å². The second-order valence-corrected chi connectivity index (χ2v) is 10.2. The van der Waals surface area contributed by atoms with E-state index in [-0.39, 0.29) is 0 Å². The molecule has 0 saturated heterocycles. The van der Waals surface area contributed by atoms with E-state index in [1.54, 1.807) is 10.8 Å². The molecule has 1 heteroatoms. The maximum atomic E-state index is 2.48. The zero-order chi connectivity index (χ0) is 10.1. The van der Waals surface area contributed by atoms with Crippen molar-refractivity contribution in [3.05, 3.63) is 22.9 Å². The van der Waals surface area contributed by atoms with Gasteiger partial charge in [-0.1, -0.05) is 62.8 Å². The van der Waals surface area contributed by atoms with E-state index >= 15 is 0 Å². The number of hydrogen-bond donors (Lipinski definition) is 0. The lowest BCUT2D eigenvalue weighted by atomic mass is 10.0. The van der Waals surface area contributed by atoms with Gasteiger partial charge < -0.3 is 0 Å². The van der Waals surface area contributed by atoms with E-state index in [0.29, 0.717) is 5.92 Å². The Hall–Kier alpha value is -0.303. The molecule has 13 heavy (non-hydrogen) atoms. The molecular formula is C12H22Si. The molecule has 1 aliphatic carbocycles. The lowest BCUT2D eigenvalue weighted by molar-refractivity contribution is 0.773. The first-order chi connectivity index (χ1) is 5.95. The van der Waals surface area contributed by atoms with E-state index in [2.05, 4.69) is 45.6 Å². The van der Waals surface area contributed by atoms with Crippen LogP contribution in [0.1, 0.15) is 26.7 Å². The van der Waals surface area contributed by atoms with Crippen LogP contribution in [0.3, 0.4) is 0 Å². The Morgan fingerprint density at radius 3 is 2.31 bits per heavy atom. The van der Waals surface area contributed by atoms with E-state index in [1.807, 2.05) is 0 Å². The summed E-state index contributed by atoms with van der Waals surface area (Å²) < 4.78 is 0. The second-order valence-electron chi connectivity index (χ2n) is 5.13. The van der Waals surface area contributed by atoms with Gasteiger partial charge in [0.15, 0.2) is 0 Å². The minimum absolute atomic E-state index is 0.710. The highest BCUT2D eigenvalue weighted by atomic mass is 28.3. The first-order valence-corrected chi connectivity index (χ1v) is 8.88. The monoisotopic (exact) mass is 194 g/mol. The van der Waals surface area contributed by atoms with Crippen LogP contribution in [0.2, 0.25) is 19.6 Å². The predicted octanol–water partition coefficient (Wildman–Crippen LogP) is 4.17. The molecule has 0 spiro atoms. The third-order valence-corrected chi connectivity index (χ3v) is 4.80. The summed E-state index contributed by atoms with van der Waals surface area (Å²) in [6.07, 6.45) is 7.52. The summed E-state index contributed by atoms with van der Waals surface area (Å²) in [7, 11) is -1.05. The topological polar surface area (TPSA) is 0 Å². The minimum Gasteiger partial charge on any atom is -0.0784 e. The highest BCUT2D eigenvalue weighted by molar-refractivity contribution is 6.83. The lowest BCUT2D eigenvalue weighted by Crippen LogP contribution is -2.21. The van der Waals surface area contributed by atoms with E-state index in [9.17, 15) is 0 Å². The van der Waals surface area contributed by atoms with Crippen LogP contribution in [-0.2, 0) is 0 Å². The molecule has 1 unspecified atom stereocenters. The van der Waals surface area contributed by atoms with Gasteiger partial charge in [0.05, 0.1) is 8.07 Å². The molecule has 0 N–H and O–H groups in total. The third-order valence-electron chi connectivity index (χ3n) is 2.76. The SMILES string of the molecule is CCCC1=CC([Si](C)(C)C)=CC1C. The molecule has 0 heterocycles. The highest BCUT2D eigenvalue weighted by Crippen LogP contribution is 2.31. The standard InChI is InChI=1S/C12H22Si/c1-6-7-11-9-12(8-10(11)2)13(3,4)5/h8-10H,6-7H2,1-5H3. The summed E-state index contributed by atoms with van der Waals surface area (Å²) in [6.45, 7) is 11.9. The van der Waals surface area contributed by atoms with Gasteiger partial charge in [-0.05, 0) is 12.3 Å². The van der Waals surface area contributed by atoms with E-state index in [0.717, 1.165) is 0 Å². The van der Waals surface area contributed by atoms with E-state index in [4.69, 9.17) is 0 Å². The lowest BCUT2D eigenvalue weighted by Gasteiger charge is -2.15. The van der Waals surface area contributed by atoms with Crippen molar-refractivity contribution in [1.82, 2.24) is 0 Å². The molecule has 1 aliphatic rings. The van der Waals surface area contributed by atoms with Crippen molar-refractivity contribution in [2.75, 3.05) is 0 Å². The van der Waals surface area contributed by atoms with Crippen molar-refractivity contribution < 1.29 is 0 Å². The molecule has 0 nitrogen and oxygen atoms in total. The Bertz CT molecular complexity index is 240.